The van der Waals surface area contributed by atoms with Gasteiger partial charge in [0.25, 0.3) is 11.6 Å². The van der Waals surface area contributed by atoms with E-state index in [0.29, 0.717) is 28.3 Å². The lowest BCUT2D eigenvalue weighted by Gasteiger charge is -2.32. The smallest absolute Gasteiger partial charge is 0.272 e. The van der Waals surface area contributed by atoms with Gasteiger partial charge < -0.3 is 10.1 Å². The Labute approximate surface area is 166 Å². The maximum absolute atomic E-state index is 12.6. The predicted molar refractivity (Wildman–Crippen MR) is 105 cm³/mol. The second kappa shape index (κ2) is 7.70. The summed E-state index contributed by atoms with van der Waals surface area (Å²) in [5.74, 6) is -0.668. The van der Waals surface area contributed by atoms with E-state index in [0.717, 1.165) is 0 Å². The van der Waals surface area contributed by atoms with E-state index in [1.165, 1.54) is 36.1 Å². The van der Waals surface area contributed by atoms with Crippen molar-refractivity contribution in [3.8, 4) is 5.75 Å². The monoisotopic (exact) mass is 397 g/mol. The molecule has 2 aromatic carbocycles. The Morgan fingerprint density at radius 1 is 1.24 bits per heavy atom. The molecule has 0 bridgehead atoms. The molecule has 150 valence electrons. The summed E-state index contributed by atoms with van der Waals surface area (Å²) in [7, 11) is 0. The molecular formula is C20H19N3O6. The summed E-state index contributed by atoms with van der Waals surface area (Å²) in [6.07, 6.45) is -0.778. The second-order valence-corrected chi connectivity index (χ2v) is 6.73. The molecule has 1 atom stereocenters. The van der Waals surface area contributed by atoms with Gasteiger partial charge in [0, 0.05) is 22.9 Å². The summed E-state index contributed by atoms with van der Waals surface area (Å²) in [6.45, 7) is 4.26. The normalized spacial score (nSPS) is 15.3. The first-order valence-corrected chi connectivity index (χ1v) is 8.85. The van der Waals surface area contributed by atoms with Crippen LogP contribution in [0.3, 0.4) is 0 Å². The molecule has 1 aliphatic rings. The molecule has 1 aliphatic heterocycles. The summed E-state index contributed by atoms with van der Waals surface area (Å²) in [5, 5.41) is 13.6. The third kappa shape index (κ3) is 4.08. The number of ketones is 1. The first kappa shape index (κ1) is 20.0. The van der Waals surface area contributed by atoms with Crippen LogP contribution in [0.4, 0.5) is 17.1 Å². The van der Waals surface area contributed by atoms with Gasteiger partial charge in [-0.2, -0.15) is 0 Å². The summed E-state index contributed by atoms with van der Waals surface area (Å²) in [5.41, 5.74) is 1.47. The molecule has 0 fully saturated rings. The number of carbonyl (C=O) groups is 3. The quantitative estimate of drug-likeness (QED) is 0.471. The van der Waals surface area contributed by atoms with Crippen molar-refractivity contribution in [1.29, 1.82) is 0 Å². The number of hydrogen-bond donors (Lipinski definition) is 1. The van der Waals surface area contributed by atoms with Gasteiger partial charge in [-0.25, -0.2) is 0 Å². The highest BCUT2D eigenvalue weighted by Gasteiger charge is 2.33. The molecule has 0 aliphatic carbocycles. The number of aryl methyl sites for hydroxylation is 1. The number of nitrogens with one attached hydrogen (secondary N) is 1. The summed E-state index contributed by atoms with van der Waals surface area (Å²) >= 11 is 0. The third-order valence-corrected chi connectivity index (χ3v) is 4.55. The highest BCUT2D eigenvalue weighted by molar-refractivity contribution is 6.07. The van der Waals surface area contributed by atoms with Crippen molar-refractivity contribution in [3.63, 3.8) is 0 Å². The first-order chi connectivity index (χ1) is 13.7. The molecule has 1 unspecified atom stereocenters. The highest BCUT2D eigenvalue weighted by atomic mass is 16.6. The molecule has 0 spiro atoms. The molecule has 2 amide bonds. The number of rotatable bonds is 5. The topological polar surface area (TPSA) is 119 Å². The van der Waals surface area contributed by atoms with Gasteiger partial charge in [-0.1, -0.05) is 0 Å². The maximum Gasteiger partial charge on any atom is 0.272 e. The molecule has 2 aromatic rings. The molecule has 0 saturated heterocycles. The molecule has 1 N–H and O–H groups in total. The number of hydrogen-bond acceptors (Lipinski definition) is 6. The van der Waals surface area contributed by atoms with E-state index in [4.69, 9.17) is 4.74 Å². The van der Waals surface area contributed by atoms with Crippen molar-refractivity contribution in [2.75, 3.05) is 16.8 Å². The van der Waals surface area contributed by atoms with Crippen LogP contribution in [0.2, 0.25) is 0 Å². The second-order valence-electron chi connectivity index (χ2n) is 6.73. The molecule has 1 heterocycles. The van der Waals surface area contributed by atoms with Crippen LogP contribution in [0.5, 0.6) is 5.75 Å². The molecule has 29 heavy (non-hydrogen) atoms. The van der Waals surface area contributed by atoms with E-state index in [9.17, 15) is 24.5 Å². The fraction of sp³-hybridized carbons (Fsp3) is 0.250. The van der Waals surface area contributed by atoms with Crippen molar-refractivity contribution in [2.24, 2.45) is 0 Å². The zero-order valence-corrected chi connectivity index (χ0v) is 16.1. The molecule has 3 rings (SSSR count). The molecule has 0 saturated carbocycles. The van der Waals surface area contributed by atoms with Crippen molar-refractivity contribution >= 4 is 34.7 Å². The lowest BCUT2D eigenvalue weighted by Crippen LogP contribution is -2.47. The minimum Gasteiger partial charge on any atom is -0.479 e. The van der Waals surface area contributed by atoms with Crippen LogP contribution in [0.15, 0.2) is 36.4 Å². The number of amides is 2. The predicted octanol–water partition coefficient (Wildman–Crippen LogP) is 2.86. The lowest BCUT2D eigenvalue weighted by molar-refractivity contribution is -0.385. The van der Waals surface area contributed by atoms with Gasteiger partial charge in [0.05, 0.1) is 10.6 Å². The van der Waals surface area contributed by atoms with Crippen LogP contribution in [0.1, 0.15) is 29.8 Å². The number of anilines is 2. The van der Waals surface area contributed by atoms with Gasteiger partial charge >= 0.3 is 0 Å². The Balaban J connectivity index is 1.83. The van der Waals surface area contributed by atoms with Gasteiger partial charge in [-0.05, 0) is 51.1 Å². The van der Waals surface area contributed by atoms with Crippen molar-refractivity contribution in [1.82, 2.24) is 0 Å². The van der Waals surface area contributed by atoms with Crippen molar-refractivity contribution < 1.29 is 24.0 Å². The minimum absolute atomic E-state index is 0.0501. The summed E-state index contributed by atoms with van der Waals surface area (Å²) in [6, 6.07) is 8.93. The zero-order valence-electron chi connectivity index (χ0n) is 16.1. The van der Waals surface area contributed by atoms with Crippen LogP contribution >= 0.6 is 0 Å². The van der Waals surface area contributed by atoms with E-state index in [1.807, 2.05) is 0 Å². The van der Waals surface area contributed by atoms with Crippen LogP contribution in [-0.4, -0.2) is 35.2 Å². The fourth-order valence-electron chi connectivity index (χ4n) is 3.07. The Kier molecular flexibility index (Phi) is 5.31. The lowest BCUT2D eigenvalue weighted by atomic mass is 10.1. The average Bonchev–Trinajstić information content (AvgIpc) is 2.64. The average molecular weight is 397 g/mol. The van der Waals surface area contributed by atoms with Gasteiger partial charge in [-0.15, -0.1) is 0 Å². The Morgan fingerprint density at radius 3 is 2.59 bits per heavy atom. The number of nitrogens with zero attached hydrogens (tertiary/aromatic N) is 2. The van der Waals surface area contributed by atoms with Crippen LogP contribution in [0.25, 0.3) is 0 Å². The summed E-state index contributed by atoms with van der Waals surface area (Å²) < 4.78 is 5.56. The van der Waals surface area contributed by atoms with Gasteiger partial charge in [0.2, 0.25) is 5.91 Å². The molecule has 0 aromatic heterocycles. The number of nitro benzene ring substituents is 1. The van der Waals surface area contributed by atoms with E-state index in [-0.39, 0.29) is 18.0 Å². The Bertz CT molecular complexity index is 1030. The van der Waals surface area contributed by atoms with Crippen LogP contribution < -0.4 is 15.0 Å². The fourth-order valence-corrected chi connectivity index (χ4v) is 3.07. The van der Waals surface area contributed by atoms with Gasteiger partial charge in [0.1, 0.15) is 12.3 Å². The largest absolute Gasteiger partial charge is 0.479 e. The first-order valence-electron chi connectivity index (χ1n) is 8.85. The number of benzene rings is 2. The van der Waals surface area contributed by atoms with Crippen LogP contribution in [-0.2, 0) is 9.59 Å². The van der Waals surface area contributed by atoms with Crippen molar-refractivity contribution in [2.45, 2.75) is 26.9 Å². The number of nitro groups is 1. The SMILES string of the molecule is CC(=O)c1ccc2c(c1)N(CC(=O)Nc1ccc([N+](=O)[O-])c(C)c1)C(=O)C(C)O2. The Hall–Kier alpha value is -3.75. The molecule has 9 nitrogen and oxygen atoms in total. The number of ether oxygens (including phenoxy) is 1. The van der Waals surface area contributed by atoms with E-state index < -0.39 is 22.8 Å². The highest BCUT2D eigenvalue weighted by Crippen LogP contribution is 2.35. The number of Topliss-reactive ketones (excluding diaryl/α,β-unsaturated/α-hetero) is 1. The zero-order chi connectivity index (χ0) is 21.3. The number of fused-ring (bicyclic) bond motifs is 1. The molecular weight excluding hydrogens is 378 g/mol. The van der Waals surface area contributed by atoms with E-state index in [1.54, 1.807) is 26.0 Å². The third-order valence-electron chi connectivity index (χ3n) is 4.55. The van der Waals surface area contributed by atoms with Crippen LogP contribution in [0, 0.1) is 17.0 Å². The summed E-state index contributed by atoms with van der Waals surface area (Å²) in [4.78, 5) is 48.5. The van der Waals surface area contributed by atoms with Crippen molar-refractivity contribution in [3.05, 3.63) is 57.6 Å². The standard InChI is InChI=1S/C20H19N3O6/c1-11-8-15(5-6-16(11)23(27)28)21-19(25)10-22-17-9-14(12(2)24)4-7-18(17)29-13(3)20(22)26/h4-9,13H,10H2,1-3H3,(H,21,25). The van der Waals surface area contributed by atoms with E-state index >= 15 is 0 Å². The Morgan fingerprint density at radius 2 is 1.97 bits per heavy atom. The van der Waals surface area contributed by atoms with Gasteiger partial charge in [-0.3, -0.25) is 29.4 Å². The molecule has 9 heteroatoms. The minimum atomic E-state index is -0.778. The molecule has 0 radical (unpaired) electrons. The van der Waals surface area contributed by atoms with Gasteiger partial charge in [0.15, 0.2) is 11.9 Å². The maximum atomic E-state index is 12.6. The number of carbonyl (C=O) groups excluding carboxylic acids is 3. The van der Waals surface area contributed by atoms with E-state index in [2.05, 4.69) is 5.32 Å².